The molecule has 0 aliphatic heterocycles. The molecule has 2 heterocycles. The van der Waals surface area contributed by atoms with Gasteiger partial charge in [0.05, 0.1) is 13.5 Å². The number of aryl methyl sites for hydroxylation is 1. The Bertz CT molecular complexity index is 1130. The van der Waals surface area contributed by atoms with Crippen LogP contribution in [0, 0.1) is 12.7 Å². The van der Waals surface area contributed by atoms with E-state index in [1.165, 1.54) is 43.6 Å². The predicted octanol–water partition coefficient (Wildman–Crippen LogP) is 4.04. The number of nitrogens with zero attached hydrogens (tertiary/aromatic N) is 2. The number of alkyl halides is 3. The minimum Gasteiger partial charge on any atom is -0.468 e. The Morgan fingerprint density at radius 2 is 1.90 bits per heavy atom. The molecule has 9 heteroatoms. The highest BCUT2D eigenvalue weighted by atomic mass is 19.4. The summed E-state index contributed by atoms with van der Waals surface area (Å²) in [6, 6.07) is 6.71. The number of halogens is 4. The van der Waals surface area contributed by atoms with Crippen LogP contribution in [-0.2, 0) is 22.6 Å². The van der Waals surface area contributed by atoms with E-state index in [0.29, 0.717) is 27.7 Å². The summed E-state index contributed by atoms with van der Waals surface area (Å²) in [6.45, 7) is 1.07. The molecule has 0 atom stereocenters. The van der Waals surface area contributed by atoms with Crippen LogP contribution in [0.25, 0.3) is 22.0 Å². The van der Waals surface area contributed by atoms with Crippen LogP contribution in [0.5, 0.6) is 0 Å². The lowest BCUT2D eigenvalue weighted by Gasteiger charge is -2.11. The number of hydrogen-bond acceptors (Lipinski definition) is 3. The molecule has 0 aliphatic rings. The van der Waals surface area contributed by atoms with Crippen molar-refractivity contribution in [2.75, 3.05) is 7.11 Å². The van der Waals surface area contributed by atoms with Crippen molar-refractivity contribution >= 4 is 16.9 Å². The fourth-order valence-corrected chi connectivity index (χ4v) is 3.32. The van der Waals surface area contributed by atoms with Crippen molar-refractivity contribution < 1.29 is 27.1 Å². The van der Waals surface area contributed by atoms with Gasteiger partial charge in [0.2, 0.25) is 0 Å². The normalized spacial score (nSPS) is 11.8. The number of carbonyl (C=O) groups is 1. The van der Waals surface area contributed by atoms with E-state index in [2.05, 4.69) is 0 Å². The Labute approximate surface area is 163 Å². The number of rotatable bonds is 5. The van der Waals surface area contributed by atoms with E-state index in [1.807, 2.05) is 0 Å². The maximum atomic E-state index is 13.9. The number of aromatic nitrogens is 2. The van der Waals surface area contributed by atoms with Gasteiger partial charge in [0, 0.05) is 46.5 Å². The third-order valence-corrected chi connectivity index (χ3v) is 4.71. The molecule has 0 unspecified atom stereocenters. The summed E-state index contributed by atoms with van der Waals surface area (Å²) in [5.74, 6) is -1.00. The highest BCUT2D eigenvalue weighted by molar-refractivity contribution is 5.98. The number of methoxy groups -OCH3 is 1. The first-order chi connectivity index (χ1) is 13.6. The Kier molecular flexibility index (Phi) is 5.50. The van der Waals surface area contributed by atoms with Gasteiger partial charge in [0.25, 0.3) is 5.56 Å². The first kappa shape index (κ1) is 20.6. The molecule has 154 valence electrons. The van der Waals surface area contributed by atoms with Gasteiger partial charge in [-0.05, 0) is 31.2 Å². The number of carbonyl (C=O) groups excluding carboxylic acids is 1. The number of esters is 1. The van der Waals surface area contributed by atoms with E-state index in [-0.39, 0.29) is 6.54 Å². The van der Waals surface area contributed by atoms with Crippen LogP contribution in [-0.4, -0.2) is 28.4 Å². The Morgan fingerprint density at radius 3 is 2.55 bits per heavy atom. The Balaban J connectivity index is 2.17. The average Bonchev–Trinajstić information content (AvgIpc) is 2.91. The second-order valence-electron chi connectivity index (χ2n) is 6.60. The third-order valence-electron chi connectivity index (χ3n) is 4.71. The summed E-state index contributed by atoms with van der Waals surface area (Å²) in [7, 11) is 1.25. The summed E-state index contributed by atoms with van der Waals surface area (Å²) in [5.41, 5.74) is 1.57. The van der Waals surface area contributed by atoms with E-state index >= 15 is 0 Å². The van der Waals surface area contributed by atoms with Crippen LogP contribution in [0.1, 0.15) is 12.1 Å². The molecule has 0 bridgehead atoms. The summed E-state index contributed by atoms with van der Waals surface area (Å²) < 4.78 is 58.9. The maximum absolute atomic E-state index is 13.9. The lowest BCUT2D eigenvalue weighted by atomic mass is 10.0. The van der Waals surface area contributed by atoms with Gasteiger partial charge in [0.15, 0.2) is 0 Å². The van der Waals surface area contributed by atoms with Crippen molar-refractivity contribution in [2.24, 2.45) is 0 Å². The van der Waals surface area contributed by atoms with Crippen molar-refractivity contribution in [3.63, 3.8) is 0 Å². The minimum atomic E-state index is -4.40. The molecule has 0 saturated heterocycles. The van der Waals surface area contributed by atoms with Gasteiger partial charge in [-0.15, -0.1) is 0 Å². The molecule has 3 rings (SSSR count). The van der Waals surface area contributed by atoms with Gasteiger partial charge in [0.1, 0.15) is 12.4 Å². The van der Waals surface area contributed by atoms with Gasteiger partial charge >= 0.3 is 12.1 Å². The summed E-state index contributed by atoms with van der Waals surface area (Å²) in [5, 5.41) is 0.479. The van der Waals surface area contributed by atoms with Crippen LogP contribution in [0.2, 0.25) is 0 Å². The quantitative estimate of drug-likeness (QED) is 0.471. The van der Waals surface area contributed by atoms with E-state index in [9.17, 15) is 27.2 Å². The zero-order chi connectivity index (χ0) is 21.3. The SMILES string of the molecule is COC(=O)Cn1c(C)c(-c2ccc(=O)n(CCC(F)(F)F)c2)c2cc(F)ccc21. The van der Waals surface area contributed by atoms with Crippen molar-refractivity contribution in [3.05, 3.63) is 58.4 Å². The molecule has 0 spiro atoms. The second-order valence-corrected chi connectivity index (χ2v) is 6.60. The fourth-order valence-electron chi connectivity index (χ4n) is 3.32. The molecule has 5 nitrogen and oxygen atoms in total. The average molecular weight is 410 g/mol. The lowest BCUT2D eigenvalue weighted by molar-refractivity contribution is -0.141. The zero-order valence-electron chi connectivity index (χ0n) is 15.7. The van der Waals surface area contributed by atoms with E-state index in [1.54, 1.807) is 11.5 Å². The molecule has 0 aliphatic carbocycles. The van der Waals surface area contributed by atoms with Crippen molar-refractivity contribution in [2.45, 2.75) is 32.6 Å². The molecule has 3 aromatic rings. The molecular weight excluding hydrogens is 392 g/mol. The maximum Gasteiger partial charge on any atom is 0.390 e. The standard InChI is InChI=1S/C20H18F4N2O3/c1-12-19(13-3-6-17(27)25(10-13)8-7-20(22,23)24)15-9-14(21)4-5-16(15)26(12)11-18(28)29-2/h3-6,9-10H,7-8,11H2,1-2H3. The summed E-state index contributed by atoms with van der Waals surface area (Å²) in [6.07, 6.45) is -4.22. The Hall–Kier alpha value is -3.10. The lowest BCUT2D eigenvalue weighted by Crippen LogP contribution is -2.22. The van der Waals surface area contributed by atoms with Crippen molar-refractivity contribution in [3.8, 4) is 11.1 Å². The van der Waals surface area contributed by atoms with Gasteiger partial charge < -0.3 is 13.9 Å². The summed E-state index contributed by atoms with van der Waals surface area (Å²) in [4.78, 5) is 23.8. The van der Waals surface area contributed by atoms with Crippen molar-refractivity contribution in [1.29, 1.82) is 0 Å². The first-order valence-electron chi connectivity index (χ1n) is 8.73. The number of hydrogen-bond donors (Lipinski definition) is 0. The van der Waals surface area contributed by atoms with Crippen LogP contribution in [0.15, 0.2) is 41.3 Å². The number of benzene rings is 1. The minimum absolute atomic E-state index is 0.113. The second kappa shape index (κ2) is 7.73. The molecule has 0 fully saturated rings. The molecule has 0 amide bonds. The molecule has 1 aromatic carbocycles. The van der Waals surface area contributed by atoms with Crippen molar-refractivity contribution in [1.82, 2.24) is 9.13 Å². The third kappa shape index (κ3) is 4.33. The van der Waals surface area contributed by atoms with Crippen LogP contribution in [0.3, 0.4) is 0 Å². The summed E-state index contributed by atoms with van der Waals surface area (Å²) >= 11 is 0. The highest BCUT2D eigenvalue weighted by Crippen LogP contribution is 2.35. The Morgan fingerprint density at radius 1 is 1.17 bits per heavy atom. The van der Waals surface area contributed by atoms with E-state index in [0.717, 1.165) is 4.57 Å². The highest BCUT2D eigenvalue weighted by Gasteiger charge is 2.27. The first-order valence-corrected chi connectivity index (χ1v) is 8.73. The zero-order valence-corrected chi connectivity index (χ0v) is 15.7. The smallest absolute Gasteiger partial charge is 0.390 e. The molecule has 0 saturated carbocycles. The predicted molar refractivity (Wildman–Crippen MR) is 99.0 cm³/mol. The topological polar surface area (TPSA) is 53.2 Å². The molecule has 0 N–H and O–H groups in total. The van der Waals surface area contributed by atoms with E-state index < -0.39 is 36.5 Å². The molecule has 2 aromatic heterocycles. The van der Waals surface area contributed by atoms with Gasteiger partial charge in [-0.1, -0.05) is 0 Å². The monoisotopic (exact) mass is 410 g/mol. The molecule has 29 heavy (non-hydrogen) atoms. The van der Waals surface area contributed by atoms with E-state index in [4.69, 9.17) is 4.74 Å². The van der Waals surface area contributed by atoms with Gasteiger partial charge in [-0.2, -0.15) is 13.2 Å². The van der Waals surface area contributed by atoms with Crippen LogP contribution < -0.4 is 5.56 Å². The number of pyridine rings is 1. The van der Waals surface area contributed by atoms with Gasteiger partial charge in [-0.25, -0.2) is 4.39 Å². The molecular formula is C20H18F4N2O3. The number of fused-ring (bicyclic) bond motifs is 1. The van der Waals surface area contributed by atoms with Crippen LogP contribution in [0.4, 0.5) is 17.6 Å². The molecule has 0 radical (unpaired) electrons. The fraction of sp³-hybridized carbons (Fsp3) is 0.300. The largest absolute Gasteiger partial charge is 0.468 e. The number of ether oxygens (including phenoxy) is 1. The van der Waals surface area contributed by atoms with Gasteiger partial charge in [-0.3, -0.25) is 9.59 Å². The van der Waals surface area contributed by atoms with Crippen LogP contribution >= 0.6 is 0 Å².